The summed E-state index contributed by atoms with van der Waals surface area (Å²) in [5.74, 6) is 0.233. The first-order chi connectivity index (χ1) is 12.2. The molecule has 0 aliphatic rings. The summed E-state index contributed by atoms with van der Waals surface area (Å²) in [6.07, 6.45) is 2.57. The third kappa shape index (κ3) is 5.02. The Morgan fingerprint density at radius 1 is 1.12 bits per heavy atom. The molecule has 0 saturated carbocycles. The maximum atomic E-state index is 12.0. The highest BCUT2D eigenvalue weighted by atomic mass is 32.1. The summed E-state index contributed by atoms with van der Waals surface area (Å²) in [6, 6.07) is 13.3. The van der Waals surface area contributed by atoms with Gasteiger partial charge in [0.25, 0.3) is 5.91 Å². The lowest BCUT2D eigenvalue weighted by Gasteiger charge is -2.02. The van der Waals surface area contributed by atoms with Gasteiger partial charge in [0.1, 0.15) is 11.5 Å². The van der Waals surface area contributed by atoms with Gasteiger partial charge in [-0.05, 0) is 24.1 Å². The number of benzene rings is 1. The predicted molar refractivity (Wildman–Crippen MR) is 95.4 cm³/mol. The van der Waals surface area contributed by atoms with E-state index in [0.29, 0.717) is 30.3 Å². The summed E-state index contributed by atoms with van der Waals surface area (Å²) in [5.41, 5.74) is 1.38. The molecule has 0 aliphatic carbocycles. The number of thiazole rings is 1. The molecule has 3 aromatic rings. The zero-order valence-electron chi connectivity index (χ0n) is 13.4. The maximum Gasteiger partial charge on any atom is 0.271 e. The summed E-state index contributed by atoms with van der Waals surface area (Å²) in [6.45, 7) is 0.294. The van der Waals surface area contributed by atoms with Gasteiger partial charge < -0.3 is 15.1 Å². The molecule has 0 fully saturated rings. The van der Waals surface area contributed by atoms with E-state index in [1.165, 1.54) is 11.3 Å². The fourth-order valence-corrected chi connectivity index (χ4v) is 2.90. The first-order valence-corrected chi connectivity index (χ1v) is 8.68. The summed E-state index contributed by atoms with van der Waals surface area (Å²) in [7, 11) is 0. The minimum absolute atomic E-state index is 0.124. The van der Waals surface area contributed by atoms with Gasteiger partial charge in [-0.15, -0.1) is 11.3 Å². The van der Waals surface area contributed by atoms with Crippen molar-refractivity contribution in [3.05, 3.63) is 71.1 Å². The van der Waals surface area contributed by atoms with Crippen LogP contribution in [0.3, 0.4) is 0 Å². The Labute approximate surface area is 148 Å². The zero-order chi connectivity index (χ0) is 17.5. The van der Waals surface area contributed by atoms with Gasteiger partial charge in [-0.25, -0.2) is 4.98 Å². The molecule has 2 amide bonds. The molecule has 0 spiro atoms. The molecule has 0 atom stereocenters. The molecule has 1 aromatic carbocycles. The number of hydrogen-bond acceptors (Lipinski definition) is 5. The van der Waals surface area contributed by atoms with Crippen molar-refractivity contribution in [3.63, 3.8) is 0 Å². The number of hydrogen-bond donors (Lipinski definition) is 2. The van der Waals surface area contributed by atoms with Crippen LogP contribution in [0, 0.1) is 0 Å². The number of furan rings is 1. The zero-order valence-corrected chi connectivity index (χ0v) is 14.2. The van der Waals surface area contributed by atoms with Gasteiger partial charge >= 0.3 is 0 Å². The molecule has 25 heavy (non-hydrogen) atoms. The van der Waals surface area contributed by atoms with Crippen molar-refractivity contribution in [2.45, 2.75) is 19.4 Å². The van der Waals surface area contributed by atoms with Crippen molar-refractivity contribution < 1.29 is 14.0 Å². The van der Waals surface area contributed by atoms with Crippen LogP contribution in [0.1, 0.15) is 28.2 Å². The molecule has 2 aromatic heterocycles. The number of aromatic nitrogens is 1. The van der Waals surface area contributed by atoms with E-state index in [1.54, 1.807) is 23.8 Å². The van der Waals surface area contributed by atoms with E-state index >= 15 is 0 Å². The molecular weight excluding hydrogens is 338 g/mol. The van der Waals surface area contributed by atoms with Gasteiger partial charge in [-0.3, -0.25) is 9.59 Å². The van der Waals surface area contributed by atoms with Gasteiger partial charge in [-0.2, -0.15) is 0 Å². The van der Waals surface area contributed by atoms with Crippen molar-refractivity contribution in [2.75, 3.05) is 5.32 Å². The normalized spacial score (nSPS) is 10.4. The number of amides is 2. The lowest BCUT2D eigenvalue weighted by Crippen LogP contribution is -2.23. The van der Waals surface area contributed by atoms with Crippen molar-refractivity contribution in [2.24, 2.45) is 0 Å². The second kappa shape index (κ2) is 8.25. The van der Waals surface area contributed by atoms with Gasteiger partial charge in [-0.1, -0.05) is 30.3 Å². The number of rotatable bonds is 7. The Hall–Kier alpha value is -2.93. The third-order valence-electron chi connectivity index (χ3n) is 3.47. The lowest BCUT2D eigenvalue weighted by atomic mass is 10.1. The number of carbonyl (C=O) groups excluding carboxylic acids is 2. The van der Waals surface area contributed by atoms with Crippen LogP contribution < -0.4 is 10.6 Å². The Kier molecular flexibility index (Phi) is 5.58. The number of carbonyl (C=O) groups is 2. The van der Waals surface area contributed by atoms with Crippen LogP contribution in [0.4, 0.5) is 5.13 Å². The predicted octanol–water partition coefficient (Wildman–Crippen LogP) is 3.24. The highest BCUT2D eigenvalue weighted by molar-refractivity contribution is 7.14. The van der Waals surface area contributed by atoms with E-state index in [-0.39, 0.29) is 17.5 Å². The molecule has 3 rings (SSSR count). The number of nitrogens with zero attached hydrogens (tertiary/aromatic N) is 1. The van der Waals surface area contributed by atoms with Crippen molar-refractivity contribution in [1.29, 1.82) is 0 Å². The molecule has 0 saturated heterocycles. The first-order valence-electron chi connectivity index (χ1n) is 7.80. The van der Waals surface area contributed by atoms with E-state index in [1.807, 2.05) is 30.3 Å². The molecule has 0 bridgehead atoms. The third-order valence-corrected chi connectivity index (χ3v) is 4.23. The number of aryl methyl sites for hydroxylation is 1. The number of anilines is 1. The quantitative estimate of drug-likeness (QED) is 0.681. The minimum Gasteiger partial charge on any atom is -0.467 e. The molecule has 128 valence electrons. The monoisotopic (exact) mass is 355 g/mol. The molecule has 2 N–H and O–H groups in total. The standard InChI is InChI=1S/C18H17N3O3S/c22-16(9-8-13-5-2-1-3-6-13)21-18-20-15(12-25-18)17(23)19-11-14-7-4-10-24-14/h1-7,10,12H,8-9,11H2,(H,19,23)(H,20,21,22). The van der Waals surface area contributed by atoms with E-state index < -0.39 is 0 Å². The number of nitrogens with one attached hydrogen (secondary N) is 2. The molecule has 7 heteroatoms. The lowest BCUT2D eigenvalue weighted by molar-refractivity contribution is -0.116. The molecule has 0 aliphatic heterocycles. The smallest absolute Gasteiger partial charge is 0.271 e. The molecule has 6 nitrogen and oxygen atoms in total. The average molecular weight is 355 g/mol. The topological polar surface area (TPSA) is 84.2 Å². The fourth-order valence-electron chi connectivity index (χ4n) is 2.19. The van der Waals surface area contributed by atoms with Crippen LogP contribution in [-0.4, -0.2) is 16.8 Å². The summed E-state index contributed by atoms with van der Waals surface area (Å²) < 4.78 is 5.15. The van der Waals surface area contributed by atoms with E-state index in [9.17, 15) is 9.59 Å². The molecule has 0 unspecified atom stereocenters. The van der Waals surface area contributed by atoms with Gasteiger partial charge in [0.15, 0.2) is 5.13 Å². The summed E-state index contributed by atoms with van der Waals surface area (Å²) in [4.78, 5) is 28.2. The van der Waals surface area contributed by atoms with E-state index in [2.05, 4.69) is 15.6 Å². The molecular formula is C18H17N3O3S. The second-order valence-corrected chi connectivity index (χ2v) is 6.19. The van der Waals surface area contributed by atoms with Crippen LogP contribution in [0.25, 0.3) is 0 Å². The summed E-state index contributed by atoms with van der Waals surface area (Å²) >= 11 is 1.22. The highest BCUT2D eigenvalue weighted by Gasteiger charge is 2.12. The summed E-state index contributed by atoms with van der Waals surface area (Å²) in [5, 5.41) is 7.47. The van der Waals surface area contributed by atoms with E-state index in [4.69, 9.17) is 4.42 Å². The largest absolute Gasteiger partial charge is 0.467 e. The first kappa shape index (κ1) is 16.9. The fraction of sp³-hybridized carbons (Fsp3) is 0.167. The van der Waals surface area contributed by atoms with Gasteiger partial charge in [0, 0.05) is 11.8 Å². The van der Waals surface area contributed by atoms with Crippen molar-refractivity contribution in [3.8, 4) is 0 Å². The van der Waals surface area contributed by atoms with Crippen LogP contribution in [-0.2, 0) is 17.8 Å². The Bertz CT molecular complexity index is 828. The van der Waals surface area contributed by atoms with Crippen molar-refractivity contribution in [1.82, 2.24) is 10.3 Å². The van der Waals surface area contributed by atoms with E-state index in [0.717, 1.165) is 5.56 Å². The Morgan fingerprint density at radius 3 is 2.72 bits per heavy atom. The highest BCUT2D eigenvalue weighted by Crippen LogP contribution is 2.16. The maximum absolute atomic E-state index is 12.0. The molecule has 0 radical (unpaired) electrons. The Morgan fingerprint density at radius 2 is 1.96 bits per heavy atom. The van der Waals surface area contributed by atoms with Crippen LogP contribution in [0.2, 0.25) is 0 Å². The SMILES string of the molecule is O=C(CCc1ccccc1)Nc1nc(C(=O)NCc2ccco2)cs1. The van der Waals surface area contributed by atoms with Crippen molar-refractivity contribution >= 4 is 28.3 Å². The second-order valence-electron chi connectivity index (χ2n) is 5.33. The minimum atomic E-state index is -0.308. The van der Waals surface area contributed by atoms with Gasteiger partial charge in [0.05, 0.1) is 12.8 Å². The van der Waals surface area contributed by atoms with Gasteiger partial charge in [0.2, 0.25) is 5.91 Å². The van der Waals surface area contributed by atoms with Crippen LogP contribution >= 0.6 is 11.3 Å². The molecule has 2 heterocycles. The van der Waals surface area contributed by atoms with Crippen LogP contribution in [0.5, 0.6) is 0 Å². The Balaban J connectivity index is 1.47. The average Bonchev–Trinajstić information content (AvgIpc) is 3.31. The van der Waals surface area contributed by atoms with Crippen LogP contribution in [0.15, 0.2) is 58.5 Å².